The summed E-state index contributed by atoms with van der Waals surface area (Å²) in [6.45, 7) is 1.96. The van der Waals surface area contributed by atoms with E-state index in [1.165, 1.54) is 36.3 Å². The second-order valence-corrected chi connectivity index (χ2v) is 11.2. The third-order valence-corrected chi connectivity index (χ3v) is 8.29. The highest BCUT2D eigenvalue weighted by Gasteiger charge is 2.39. The lowest BCUT2D eigenvalue weighted by molar-refractivity contribution is -0.139. The van der Waals surface area contributed by atoms with E-state index in [9.17, 15) is 19.2 Å². The van der Waals surface area contributed by atoms with E-state index in [4.69, 9.17) is 9.47 Å². The first-order valence-electron chi connectivity index (χ1n) is 15.2. The molecule has 0 aliphatic carbocycles. The van der Waals surface area contributed by atoms with Gasteiger partial charge >= 0.3 is 0 Å². The number of halogens is 1. The van der Waals surface area contributed by atoms with Crippen LogP contribution in [0.3, 0.4) is 0 Å². The molecule has 0 aromatic heterocycles. The molecule has 2 heterocycles. The molecule has 2 aliphatic rings. The fourth-order valence-electron chi connectivity index (χ4n) is 5.81. The highest BCUT2D eigenvalue weighted by Crippen LogP contribution is 2.32. The number of carbonyl (C=O) groups is 4. The number of para-hydroxylation sites is 1. The monoisotopic (exact) mass is 636 g/mol. The van der Waals surface area contributed by atoms with Crippen molar-refractivity contribution in [2.75, 3.05) is 55.1 Å². The summed E-state index contributed by atoms with van der Waals surface area (Å²) in [5.74, 6) is -2.81. The number of methoxy groups -OCH3 is 1. The van der Waals surface area contributed by atoms with Gasteiger partial charge in [0.05, 0.1) is 31.6 Å². The Balaban J connectivity index is 1.35. The third-order valence-electron chi connectivity index (χ3n) is 8.29. The summed E-state index contributed by atoms with van der Waals surface area (Å²) in [4.78, 5) is 58.7. The van der Waals surface area contributed by atoms with Crippen molar-refractivity contribution in [2.45, 2.75) is 12.6 Å². The van der Waals surface area contributed by atoms with E-state index in [1.807, 2.05) is 12.1 Å². The van der Waals surface area contributed by atoms with Gasteiger partial charge in [-0.2, -0.15) is 0 Å². The first kappa shape index (κ1) is 31.4. The van der Waals surface area contributed by atoms with Crippen molar-refractivity contribution in [3.63, 3.8) is 0 Å². The fraction of sp³-hybridized carbons (Fsp3) is 0.222. The molecule has 0 saturated carbocycles. The zero-order chi connectivity index (χ0) is 32.9. The summed E-state index contributed by atoms with van der Waals surface area (Å²) in [7, 11) is 1.51. The maximum atomic E-state index is 15.1. The van der Waals surface area contributed by atoms with Crippen molar-refractivity contribution in [1.82, 2.24) is 4.90 Å². The Morgan fingerprint density at radius 3 is 2.30 bits per heavy atom. The van der Waals surface area contributed by atoms with Crippen LogP contribution in [-0.4, -0.2) is 68.4 Å². The van der Waals surface area contributed by atoms with Gasteiger partial charge in [0.2, 0.25) is 5.91 Å². The number of ether oxygens (including phenoxy) is 2. The number of amides is 3. The van der Waals surface area contributed by atoms with Gasteiger partial charge in [0, 0.05) is 36.6 Å². The van der Waals surface area contributed by atoms with E-state index in [2.05, 4.69) is 10.2 Å². The zero-order valence-electron chi connectivity index (χ0n) is 25.7. The minimum Gasteiger partial charge on any atom is -0.497 e. The molecule has 1 atom stereocenters. The first-order chi connectivity index (χ1) is 22.8. The molecule has 1 unspecified atom stereocenters. The summed E-state index contributed by atoms with van der Waals surface area (Å²) >= 11 is 0. The van der Waals surface area contributed by atoms with E-state index in [0.717, 1.165) is 23.7 Å². The fourth-order valence-corrected chi connectivity index (χ4v) is 5.81. The van der Waals surface area contributed by atoms with Gasteiger partial charge < -0.3 is 24.6 Å². The van der Waals surface area contributed by atoms with E-state index in [0.29, 0.717) is 35.9 Å². The molecular weight excluding hydrogens is 603 g/mol. The number of Topliss-reactive ketones (excluding diaryl/α,β-unsaturated/α-hetero) is 1. The van der Waals surface area contributed by atoms with Crippen LogP contribution in [0.2, 0.25) is 0 Å². The number of anilines is 3. The number of benzene rings is 4. The average Bonchev–Trinajstić information content (AvgIpc) is 3.34. The van der Waals surface area contributed by atoms with Crippen LogP contribution in [0, 0.1) is 5.82 Å². The highest BCUT2D eigenvalue weighted by molar-refractivity contribution is 6.52. The number of morpholine rings is 1. The number of nitrogens with zero attached hydrogens (tertiary/aromatic N) is 3. The third kappa shape index (κ3) is 6.70. The molecule has 2 aliphatic heterocycles. The van der Waals surface area contributed by atoms with E-state index >= 15 is 4.39 Å². The largest absolute Gasteiger partial charge is 0.497 e. The standard InChI is InChI=1S/C36H33FN4O6/c1-46-28-16-10-24(11-17-28)33(35(44)38-26-12-14-27(15-13-26)39-18-20-47-21-19-39)41(22-25-6-2-4-8-30(25)37)32(42)23-40-31-9-5-3-7-29(31)34(43)36(40)45/h2-17,33H,18-23H2,1H3,(H,38,44). The number of ketones is 1. The van der Waals surface area contributed by atoms with Gasteiger partial charge in [-0.15, -0.1) is 0 Å². The van der Waals surface area contributed by atoms with Crippen LogP contribution in [0.15, 0.2) is 97.1 Å². The van der Waals surface area contributed by atoms with Crippen molar-refractivity contribution in [2.24, 2.45) is 0 Å². The number of rotatable bonds is 10. The molecule has 4 aromatic carbocycles. The second kappa shape index (κ2) is 13.8. The van der Waals surface area contributed by atoms with Crippen LogP contribution >= 0.6 is 0 Å². The van der Waals surface area contributed by atoms with Crippen LogP contribution < -0.4 is 19.9 Å². The van der Waals surface area contributed by atoms with Crippen LogP contribution in [-0.2, 0) is 25.7 Å². The Kier molecular flexibility index (Phi) is 9.25. The van der Waals surface area contributed by atoms with Crippen LogP contribution in [0.4, 0.5) is 21.5 Å². The molecule has 10 nitrogen and oxygen atoms in total. The topological polar surface area (TPSA) is 108 Å². The molecule has 0 spiro atoms. The molecular formula is C36H33FN4O6. The average molecular weight is 637 g/mol. The van der Waals surface area contributed by atoms with Gasteiger partial charge in [0.25, 0.3) is 17.6 Å². The number of fused-ring (bicyclic) bond motifs is 1. The van der Waals surface area contributed by atoms with Crippen molar-refractivity contribution >= 4 is 40.6 Å². The summed E-state index contributed by atoms with van der Waals surface area (Å²) in [5, 5.41) is 2.92. The lowest BCUT2D eigenvalue weighted by Gasteiger charge is -2.33. The Morgan fingerprint density at radius 2 is 1.60 bits per heavy atom. The molecule has 240 valence electrons. The molecule has 11 heteroatoms. The Hall–Kier alpha value is -5.55. The molecule has 47 heavy (non-hydrogen) atoms. The van der Waals surface area contributed by atoms with Crippen LogP contribution in [0.1, 0.15) is 27.5 Å². The predicted molar refractivity (Wildman–Crippen MR) is 174 cm³/mol. The molecule has 0 bridgehead atoms. The molecule has 1 fully saturated rings. The second-order valence-electron chi connectivity index (χ2n) is 11.2. The summed E-state index contributed by atoms with van der Waals surface area (Å²) in [5.41, 5.74) is 2.58. The molecule has 0 radical (unpaired) electrons. The Labute approximate surface area is 271 Å². The van der Waals surface area contributed by atoms with Crippen molar-refractivity contribution in [3.8, 4) is 5.75 Å². The van der Waals surface area contributed by atoms with Crippen LogP contribution in [0.5, 0.6) is 5.75 Å². The normalized spacial score (nSPS) is 14.9. The van der Waals surface area contributed by atoms with Gasteiger partial charge in [-0.05, 0) is 60.2 Å². The van der Waals surface area contributed by atoms with E-state index in [1.54, 1.807) is 60.7 Å². The van der Waals surface area contributed by atoms with Gasteiger partial charge in [-0.1, -0.05) is 42.5 Å². The molecule has 1 N–H and O–H groups in total. The summed E-state index contributed by atoms with van der Waals surface area (Å²) < 4.78 is 25.8. The van der Waals surface area contributed by atoms with Crippen molar-refractivity contribution in [3.05, 3.63) is 120 Å². The lowest BCUT2D eigenvalue weighted by Crippen LogP contribution is -2.46. The van der Waals surface area contributed by atoms with Gasteiger partial charge in [0.15, 0.2) is 0 Å². The van der Waals surface area contributed by atoms with Gasteiger partial charge in [-0.3, -0.25) is 24.1 Å². The quantitative estimate of drug-likeness (QED) is 0.254. The number of carbonyl (C=O) groups excluding carboxylic acids is 4. The highest BCUT2D eigenvalue weighted by atomic mass is 19.1. The first-order valence-corrected chi connectivity index (χ1v) is 15.2. The zero-order valence-corrected chi connectivity index (χ0v) is 25.7. The van der Waals surface area contributed by atoms with E-state index < -0.39 is 41.9 Å². The number of hydrogen-bond donors (Lipinski definition) is 1. The number of hydrogen-bond acceptors (Lipinski definition) is 7. The maximum Gasteiger partial charge on any atom is 0.299 e. The molecule has 4 aromatic rings. The number of nitrogens with one attached hydrogen (secondary N) is 1. The predicted octanol–water partition coefficient (Wildman–Crippen LogP) is 4.61. The smallest absolute Gasteiger partial charge is 0.299 e. The SMILES string of the molecule is COc1ccc(C(C(=O)Nc2ccc(N3CCOCC3)cc2)N(Cc2ccccc2F)C(=O)CN2C(=O)C(=O)c3ccccc32)cc1. The van der Waals surface area contributed by atoms with Crippen molar-refractivity contribution < 1.29 is 33.0 Å². The van der Waals surface area contributed by atoms with Crippen LogP contribution in [0.25, 0.3) is 0 Å². The Bertz CT molecular complexity index is 1790. The van der Waals surface area contributed by atoms with Gasteiger partial charge in [0.1, 0.15) is 24.2 Å². The minimum absolute atomic E-state index is 0.172. The lowest BCUT2D eigenvalue weighted by atomic mass is 10.0. The summed E-state index contributed by atoms with van der Waals surface area (Å²) in [6, 6.07) is 25.1. The van der Waals surface area contributed by atoms with E-state index in [-0.39, 0.29) is 17.7 Å². The van der Waals surface area contributed by atoms with Crippen molar-refractivity contribution in [1.29, 1.82) is 0 Å². The molecule has 6 rings (SSSR count). The van der Waals surface area contributed by atoms with Gasteiger partial charge in [-0.25, -0.2) is 4.39 Å². The Morgan fingerprint density at radius 1 is 0.915 bits per heavy atom. The minimum atomic E-state index is -1.25. The maximum absolute atomic E-state index is 15.1. The molecule has 1 saturated heterocycles. The summed E-state index contributed by atoms with van der Waals surface area (Å²) in [6.07, 6.45) is 0. The molecule has 3 amide bonds.